The van der Waals surface area contributed by atoms with Crippen LogP contribution in [0.5, 0.6) is 0 Å². The fourth-order valence-corrected chi connectivity index (χ4v) is 5.78. The summed E-state index contributed by atoms with van der Waals surface area (Å²) in [5.74, 6) is -0.916. The standard InChI is InChI=1S/C25H22ClF3N6O2S/c26-17-3-1-15(19(11-17)25(27,28)29)10-18(14-2-4-20-16(9-14)12-31-33-20)22-23(37)32-24(38-22)35-7-5-34(6-8-35)13-21(30)36/h1-4,9,11-12H,5-8,10,13H2,(H2,30,36)(H,31,33). The number of primary amides is 1. The van der Waals surface area contributed by atoms with Crippen LogP contribution in [0, 0.1) is 0 Å². The summed E-state index contributed by atoms with van der Waals surface area (Å²) < 4.78 is 41.7. The molecule has 0 atom stereocenters. The van der Waals surface area contributed by atoms with Gasteiger partial charge in [-0.25, -0.2) is 0 Å². The van der Waals surface area contributed by atoms with Gasteiger partial charge in [0, 0.05) is 36.6 Å². The monoisotopic (exact) mass is 562 g/mol. The lowest BCUT2D eigenvalue weighted by molar-refractivity contribution is -0.138. The van der Waals surface area contributed by atoms with Gasteiger partial charge in [0.05, 0.1) is 28.7 Å². The summed E-state index contributed by atoms with van der Waals surface area (Å²) >= 11 is 7.04. The molecular weight excluding hydrogens is 541 g/mol. The van der Waals surface area contributed by atoms with E-state index in [0.717, 1.165) is 28.7 Å². The zero-order valence-corrected chi connectivity index (χ0v) is 21.5. The van der Waals surface area contributed by atoms with Gasteiger partial charge in [0.25, 0.3) is 5.91 Å². The number of fused-ring (bicyclic) bond motifs is 1. The SMILES string of the molecule is NC(=O)CN1CCN(C2=NC(=O)C(=C(Cc3ccc(Cl)cc3C(F)(F)F)c3ccc4[nH]ncc4c3)S2)CC1. The van der Waals surface area contributed by atoms with E-state index < -0.39 is 23.6 Å². The molecule has 0 radical (unpaired) electrons. The Balaban J connectivity index is 1.50. The smallest absolute Gasteiger partial charge is 0.369 e. The molecule has 3 aromatic rings. The van der Waals surface area contributed by atoms with E-state index >= 15 is 0 Å². The van der Waals surface area contributed by atoms with E-state index in [-0.39, 0.29) is 28.5 Å². The Morgan fingerprint density at radius 3 is 2.61 bits per heavy atom. The third kappa shape index (κ3) is 5.57. The molecule has 198 valence electrons. The number of benzene rings is 2. The lowest BCUT2D eigenvalue weighted by Gasteiger charge is -2.34. The Hall–Kier alpha value is -3.35. The first kappa shape index (κ1) is 26.3. The van der Waals surface area contributed by atoms with E-state index in [1.807, 2.05) is 9.80 Å². The minimum absolute atomic E-state index is 0.00129. The number of piperazine rings is 1. The molecule has 3 heterocycles. The number of carbonyl (C=O) groups excluding carboxylic acids is 2. The summed E-state index contributed by atoms with van der Waals surface area (Å²) in [6.07, 6.45) is -3.16. The predicted octanol–water partition coefficient (Wildman–Crippen LogP) is 3.92. The van der Waals surface area contributed by atoms with Crippen LogP contribution in [0.1, 0.15) is 16.7 Å². The number of amides is 2. The van der Waals surface area contributed by atoms with Gasteiger partial charge in [0.15, 0.2) is 5.17 Å². The number of nitrogens with two attached hydrogens (primary N) is 1. The molecule has 38 heavy (non-hydrogen) atoms. The fraction of sp³-hybridized carbons (Fsp3) is 0.280. The van der Waals surface area contributed by atoms with Crippen LogP contribution in [-0.4, -0.2) is 69.7 Å². The first-order valence-electron chi connectivity index (χ1n) is 11.7. The topological polar surface area (TPSA) is 108 Å². The number of aromatic amines is 1. The highest BCUT2D eigenvalue weighted by atomic mass is 35.5. The van der Waals surface area contributed by atoms with Gasteiger partial charge in [-0.1, -0.05) is 23.7 Å². The van der Waals surface area contributed by atoms with E-state index in [2.05, 4.69) is 15.2 Å². The number of nitrogens with one attached hydrogen (secondary N) is 1. The lowest BCUT2D eigenvalue weighted by Crippen LogP contribution is -2.49. The Labute approximate surface area is 224 Å². The van der Waals surface area contributed by atoms with Crippen molar-refractivity contribution in [3.63, 3.8) is 0 Å². The van der Waals surface area contributed by atoms with Crippen molar-refractivity contribution in [3.8, 4) is 0 Å². The van der Waals surface area contributed by atoms with E-state index in [0.29, 0.717) is 42.5 Å². The van der Waals surface area contributed by atoms with E-state index in [1.54, 1.807) is 24.4 Å². The van der Waals surface area contributed by atoms with Crippen molar-refractivity contribution in [1.82, 2.24) is 20.0 Å². The van der Waals surface area contributed by atoms with Crippen LogP contribution < -0.4 is 5.73 Å². The Kier molecular flexibility index (Phi) is 7.21. The minimum Gasteiger partial charge on any atom is -0.369 e. The molecule has 2 aromatic carbocycles. The number of allylic oxidation sites excluding steroid dienone is 1. The number of amidine groups is 1. The van der Waals surface area contributed by atoms with Crippen LogP contribution >= 0.6 is 23.4 Å². The van der Waals surface area contributed by atoms with Gasteiger partial charge in [-0.2, -0.15) is 23.3 Å². The van der Waals surface area contributed by atoms with Gasteiger partial charge in [0.2, 0.25) is 5.91 Å². The number of thioether (sulfide) groups is 1. The number of alkyl halides is 3. The number of H-pyrrole nitrogens is 1. The first-order chi connectivity index (χ1) is 18.1. The Bertz CT molecular complexity index is 1480. The molecule has 3 N–H and O–H groups in total. The number of hydrogen-bond acceptors (Lipinski definition) is 6. The van der Waals surface area contributed by atoms with Crippen LogP contribution in [0.4, 0.5) is 13.2 Å². The molecular formula is C25H22ClF3N6O2S. The van der Waals surface area contributed by atoms with E-state index in [1.165, 1.54) is 12.1 Å². The number of hydrogen-bond donors (Lipinski definition) is 2. The van der Waals surface area contributed by atoms with Crippen molar-refractivity contribution in [3.05, 3.63) is 69.2 Å². The third-order valence-electron chi connectivity index (χ3n) is 6.41. The Morgan fingerprint density at radius 1 is 1.13 bits per heavy atom. The van der Waals surface area contributed by atoms with Crippen LogP contribution in [0.2, 0.25) is 5.02 Å². The number of halogens is 4. The van der Waals surface area contributed by atoms with Crippen LogP contribution in [0.3, 0.4) is 0 Å². The average molecular weight is 563 g/mol. The summed E-state index contributed by atoms with van der Waals surface area (Å²) in [5.41, 5.74) is 6.22. The largest absolute Gasteiger partial charge is 0.416 e. The van der Waals surface area contributed by atoms with Gasteiger partial charge in [-0.15, -0.1) is 0 Å². The van der Waals surface area contributed by atoms with E-state index in [9.17, 15) is 22.8 Å². The Morgan fingerprint density at radius 2 is 1.89 bits per heavy atom. The molecule has 1 fully saturated rings. The number of aliphatic imine (C=N–C) groups is 1. The maximum atomic E-state index is 13.9. The van der Waals surface area contributed by atoms with E-state index in [4.69, 9.17) is 17.3 Å². The number of rotatable bonds is 5. The first-order valence-corrected chi connectivity index (χ1v) is 12.9. The summed E-state index contributed by atoms with van der Waals surface area (Å²) in [4.78, 5) is 32.8. The highest BCUT2D eigenvalue weighted by Gasteiger charge is 2.35. The molecule has 0 spiro atoms. The maximum absolute atomic E-state index is 13.9. The summed E-state index contributed by atoms with van der Waals surface area (Å²) in [6, 6.07) is 8.96. The van der Waals surface area contributed by atoms with Gasteiger partial charge in [-0.3, -0.25) is 19.6 Å². The minimum atomic E-state index is -4.62. The zero-order chi connectivity index (χ0) is 27.0. The normalized spacial score (nSPS) is 18.3. The summed E-state index contributed by atoms with van der Waals surface area (Å²) in [5, 5.41) is 8.08. The summed E-state index contributed by atoms with van der Waals surface area (Å²) in [6.45, 7) is 2.36. The van der Waals surface area contributed by atoms with Crippen molar-refractivity contribution < 1.29 is 22.8 Å². The van der Waals surface area contributed by atoms with Gasteiger partial charge in [-0.05, 0) is 59.1 Å². The maximum Gasteiger partial charge on any atom is 0.416 e. The number of aromatic nitrogens is 2. The van der Waals surface area contributed by atoms with Crippen molar-refractivity contribution in [2.24, 2.45) is 10.7 Å². The van der Waals surface area contributed by atoms with Crippen LogP contribution in [0.15, 0.2) is 52.5 Å². The van der Waals surface area contributed by atoms with Crippen molar-refractivity contribution in [2.45, 2.75) is 12.6 Å². The lowest BCUT2D eigenvalue weighted by atomic mass is 9.93. The number of nitrogens with zero attached hydrogens (tertiary/aromatic N) is 4. The molecule has 2 aliphatic heterocycles. The van der Waals surface area contributed by atoms with Crippen molar-refractivity contribution in [1.29, 1.82) is 0 Å². The molecule has 0 unspecified atom stereocenters. The molecule has 1 aromatic heterocycles. The second-order valence-corrected chi connectivity index (χ2v) is 10.4. The van der Waals surface area contributed by atoms with Crippen LogP contribution in [-0.2, 0) is 22.2 Å². The molecule has 2 amide bonds. The van der Waals surface area contributed by atoms with Gasteiger partial charge in [0.1, 0.15) is 0 Å². The molecule has 5 rings (SSSR count). The molecule has 0 saturated carbocycles. The number of carbonyl (C=O) groups is 2. The molecule has 0 bridgehead atoms. The van der Waals surface area contributed by atoms with Gasteiger partial charge >= 0.3 is 6.18 Å². The molecule has 13 heteroatoms. The molecule has 1 saturated heterocycles. The zero-order valence-electron chi connectivity index (χ0n) is 19.9. The fourth-order valence-electron chi connectivity index (χ4n) is 4.54. The van der Waals surface area contributed by atoms with Crippen LogP contribution in [0.25, 0.3) is 16.5 Å². The molecule has 8 nitrogen and oxygen atoms in total. The quantitative estimate of drug-likeness (QED) is 0.456. The van der Waals surface area contributed by atoms with Gasteiger partial charge < -0.3 is 10.6 Å². The molecule has 0 aliphatic carbocycles. The second kappa shape index (κ2) is 10.4. The summed E-state index contributed by atoms with van der Waals surface area (Å²) in [7, 11) is 0. The second-order valence-electron chi connectivity index (χ2n) is 8.99. The highest BCUT2D eigenvalue weighted by molar-refractivity contribution is 8.18. The van der Waals surface area contributed by atoms with Crippen molar-refractivity contribution in [2.75, 3.05) is 32.7 Å². The predicted molar refractivity (Wildman–Crippen MR) is 140 cm³/mol. The highest BCUT2D eigenvalue weighted by Crippen LogP contribution is 2.40. The van der Waals surface area contributed by atoms with Crippen molar-refractivity contribution >= 4 is 56.8 Å². The third-order valence-corrected chi connectivity index (χ3v) is 7.81. The average Bonchev–Trinajstić information content (AvgIpc) is 3.49. The molecule has 2 aliphatic rings.